The maximum absolute atomic E-state index is 3.82. The number of hydrogen-bond donors (Lipinski definition) is 0. The Bertz CT molecular complexity index is 150. The number of nitrogens with zero attached hydrogens (tertiary/aromatic N) is 3. The second kappa shape index (κ2) is 5.23. The van der Waals surface area contributed by atoms with Crippen LogP contribution in [0.1, 0.15) is 19.8 Å². The van der Waals surface area contributed by atoms with Crippen LogP contribution in [0.4, 0.5) is 0 Å². The zero-order valence-corrected chi connectivity index (χ0v) is 6.84. The molecule has 0 aliphatic carbocycles. The molecule has 1 aromatic rings. The van der Waals surface area contributed by atoms with Crippen LogP contribution in [-0.4, -0.2) is 15.0 Å². The van der Waals surface area contributed by atoms with Crippen molar-refractivity contribution in [2.45, 2.75) is 26.3 Å². The molecule has 1 rings (SSSR count). The summed E-state index contributed by atoms with van der Waals surface area (Å²) in [5.41, 5.74) is 0. The van der Waals surface area contributed by atoms with E-state index in [1.54, 1.807) is 6.20 Å². The van der Waals surface area contributed by atoms with Gasteiger partial charge in [0.25, 0.3) is 0 Å². The van der Waals surface area contributed by atoms with Crippen LogP contribution in [0.2, 0.25) is 0 Å². The van der Waals surface area contributed by atoms with Gasteiger partial charge in [0.05, 0.1) is 6.20 Å². The Hall–Kier alpha value is -0.570. The summed E-state index contributed by atoms with van der Waals surface area (Å²) in [6.07, 6.45) is 5.98. The summed E-state index contributed by atoms with van der Waals surface area (Å²) < 4.78 is 1.85. The minimum absolute atomic E-state index is 0. The van der Waals surface area contributed by atoms with Gasteiger partial charge in [-0.25, -0.2) is 0 Å². The molecule has 4 heteroatoms. The summed E-state index contributed by atoms with van der Waals surface area (Å²) >= 11 is 0. The van der Waals surface area contributed by atoms with Crippen molar-refractivity contribution in [3.8, 4) is 0 Å². The van der Waals surface area contributed by atoms with Crippen molar-refractivity contribution in [1.29, 1.82) is 0 Å². The number of halogens is 1. The summed E-state index contributed by atoms with van der Waals surface area (Å²) in [5, 5.41) is 7.51. The molecule has 0 fully saturated rings. The Morgan fingerprint density at radius 2 is 2.30 bits per heavy atom. The highest BCUT2D eigenvalue weighted by Gasteiger charge is 1.86. The second-order valence-corrected chi connectivity index (χ2v) is 2.02. The monoisotopic (exact) mass is 161 g/mol. The van der Waals surface area contributed by atoms with Crippen molar-refractivity contribution < 1.29 is 0 Å². The van der Waals surface area contributed by atoms with E-state index in [2.05, 4.69) is 17.2 Å². The molecule has 0 saturated heterocycles. The van der Waals surface area contributed by atoms with Crippen LogP contribution in [-0.2, 0) is 6.54 Å². The lowest BCUT2D eigenvalue weighted by Crippen LogP contribution is -1.97. The van der Waals surface area contributed by atoms with Crippen LogP contribution in [0.15, 0.2) is 12.4 Å². The molecule has 0 atom stereocenters. The fourth-order valence-corrected chi connectivity index (χ4v) is 0.672. The molecule has 3 nitrogen and oxygen atoms in total. The molecular weight excluding hydrogens is 150 g/mol. The number of hydrogen-bond acceptors (Lipinski definition) is 2. The number of unbranched alkanes of at least 4 members (excludes halogenated alkanes) is 1. The first-order chi connectivity index (χ1) is 4.43. The van der Waals surface area contributed by atoms with E-state index in [-0.39, 0.29) is 12.4 Å². The predicted octanol–water partition coefficient (Wildman–Crippen LogP) is 1.50. The molecule has 1 heterocycles. The molecule has 0 saturated carbocycles. The molecule has 58 valence electrons. The number of aromatic nitrogens is 3. The van der Waals surface area contributed by atoms with E-state index in [9.17, 15) is 0 Å². The highest BCUT2D eigenvalue weighted by Crippen LogP contribution is 1.89. The summed E-state index contributed by atoms with van der Waals surface area (Å²) in [6.45, 7) is 3.16. The lowest BCUT2D eigenvalue weighted by molar-refractivity contribution is 0.553. The normalized spacial score (nSPS) is 8.90. The van der Waals surface area contributed by atoms with Crippen molar-refractivity contribution in [3.63, 3.8) is 0 Å². The molecule has 0 N–H and O–H groups in total. The highest BCUT2D eigenvalue weighted by atomic mass is 35.5. The van der Waals surface area contributed by atoms with Crippen LogP contribution < -0.4 is 0 Å². The Kier molecular flexibility index (Phi) is 4.94. The smallest absolute Gasteiger partial charge is 0.0692 e. The van der Waals surface area contributed by atoms with Gasteiger partial charge in [-0.1, -0.05) is 18.6 Å². The maximum Gasteiger partial charge on any atom is 0.0692 e. The third-order valence-corrected chi connectivity index (χ3v) is 1.21. The maximum atomic E-state index is 3.82. The molecule has 0 bridgehead atoms. The van der Waals surface area contributed by atoms with Crippen molar-refractivity contribution >= 4 is 12.4 Å². The van der Waals surface area contributed by atoms with Gasteiger partial charge >= 0.3 is 0 Å². The van der Waals surface area contributed by atoms with E-state index in [0.717, 1.165) is 6.54 Å². The SMILES string of the molecule is CCCCn1ccnn1.Cl. The van der Waals surface area contributed by atoms with Crippen molar-refractivity contribution in [2.75, 3.05) is 0 Å². The van der Waals surface area contributed by atoms with Gasteiger partial charge in [-0.15, -0.1) is 17.5 Å². The van der Waals surface area contributed by atoms with Gasteiger partial charge in [0, 0.05) is 12.7 Å². The lowest BCUT2D eigenvalue weighted by Gasteiger charge is -1.94. The molecule has 1 aromatic heterocycles. The van der Waals surface area contributed by atoms with E-state index < -0.39 is 0 Å². The van der Waals surface area contributed by atoms with Gasteiger partial charge in [-0.2, -0.15) is 0 Å². The summed E-state index contributed by atoms with van der Waals surface area (Å²) in [5.74, 6) is 0. The molecule has 10 heavy (non-hydrogen) atoms. The zero-order valence-electron chi connectivity index (χ0n) is 6.03. The lowest BCUT2D eigenvalue weighted by atomic mass is 10.3. The van der Waals surface area contributed by atoms with E-state index in [0.29, 0.717) is 0 Å². The Morgan fingerprint density at radius 1 is 1.50 bits per heavy atom. The van der Waals surface area contributed by atoms with Gasteiger partial charge in [-0.05, 0) is 6.42 Å². The van der Waals surface area contributed by atoms with Crippen LogP contribution in [0.25, 0.3) is 0 Å². The van der Waals surface area contributed by atoms with Crippen LogP contribution >= 0.6 is 12.4 Å². The van der Waals surface area contributed by atoms with Crippen LogP contribution in [0, 0.1) is 0 Å². The van der Waals surface area contributed by atoms with Gasteiger partial charge in [0.1, 0.15) is 0 Å². The van der Waals surface area contributed by atoms with Crippen molar-refractivity contribution in [2.24, 2.45) is 0 Å². The van der Waals surface area contributed by atoms with Crippen LogP contribution in [0.3, 0.4) is 0 Å². The van der Waals surface area contributed by atoms with Gasteiger partial charge in [0.2, 0.25) is 0 Å². The largest absolute Gasteiger partial charge is 0.253 e. The minimum Gasteiger partial charge on any atom is -0.253 e. The molecule has 0 spiro atoms. The summed E-state index contributed by atoms with van der Waals surface area (Å²) in [4.78, 5) is 0. The molecule has 0 amide bonds. The average Bonchev–Trinajstić information content (AvgIpc) is 2.34. The Morgan fingerprint density at radius 3 is 2.80 bits per heavy atom. The molecule has 0 radical (unpaired) electrons. The van der Waals surface area contributed by atoms with Crippen molar-refractivity contribution in [3.05, 3.63) is 12.4 Å². The topological polar surface area (TPSA) is 30.7 Å². The fourth-order valence-electron chi connectivity index (χ4n) is 0.672. The highest BCUT2D eigenvalue weighted by molar-refractivity contribution is 5.85. The first-order valence-electron chi connectivity index (χ1n) is 3.27. The number of rotatable bonds is 3. The first kappa shape index (κ1) is 9.43. The zero-order chi connectivity index (χ0) is 6.53. The first-order valence-corrected chi connectivity index (χ1v) is 3.27. The van der Waals surface area contributed by atoms with Crippen molar-refractivity contribution in [1.82, 2.24) is 15.0 Å². The minimum atomic E-state index is 0. The molecule has 0 unspecified atom stereocenters. The third-order valence-electron chi connectivity index (χ3n) is 1.21. The van der Waals surface area contributed by atoms with Gasteiger partial charge in [-0.3, -0.25) is 4.68 Å². The van der Waals surface area contributed by atoms with E-state index in [4.69, 9.17) is 0 Å². The summed E-state index contributed by atoms with van der Waals surface area (Å²) in [6, 6.07) is 0. The van der Waals surface area contributed by atoms with Crippen LogP contribution in [0.5, 0.6) is 0 Å². The summed E-state index contributed by atoms with van der Waals surface area (Å²) in [7, 11) is 0. The van der Waals surface area contributed by atoms with E-state index >= 15 is 0 Å². The second-order valence-electron chi connectivity index (χ2n) is 2.02. The molecule has 0 aromatic carbocycles. The molecule has 0 aliphatic heterocycles. The van der Waals surface area contributed by atoms with E-state index in [1.165, 1.54) is 12.8 Å². The van der Waals surface area contributed by atoms with E-state index in [1.807, 2.05) is 10.9 Å². The van der Waals surface area contributed by atoms with Gasteiger partial charge in [0.15, 0.2) is 0 Å². The fraction of sp³-hybridized carbons (Fsp3) is 0.667. The molecule has 0 aliphatic rings. The quantitative estimate of drug-likeness (QED) is 0.673. The predicted molar refractivity (Wildman–Crippen MR) is 42.2 cm³/mol. The molecular formula is C6H12ClN3. The Balaban J connectivity index is 0.000000810. The average molecular weight is 162 g/mol. The Labute approximate surface area is 66.8 Å². The number of aryl methyl sites for hydroxylation is 1. The standard InChI is InChI=1S/C6H11N3.ClH/c1-2-3-5-9-6-4-7-8-9;/h4,6H,2-3,5H2,1H3;1H. The third kappa shape index (κ3) is 2.82. The van der Waals surface area contributed by atoms with Gasteiger partial charge < -0.3 is 0 Å².